The third-order valence-corrected chi connectivity index (χ3v) is 8.46. The van der Waals surface area contributed by atoms with Crippen molar-refractivity contribution in [3.05, 3.63) is 0 Å². The van der Waals surface area contributed by atoms with Crippen LogP contribution in [0.15, 0.2) is 0 Å². The van der Waals surface area contributed by atoms with Gasteiger partial charge in [-0.15, -0.1) is 0 Å². The van der Waals surface area contributed by atoms with Gasteiger partial charge in [0.15, 0.2) is 0 Å². The lowest BCUT2D eigenvalue weighted by Crippen LogP contribution is -2.58. The smallest absolute Gasteiger partial charge is 0.141 e. The Morgan fingerprint density at radius 3 is 2.55 bits per heavy atom. The van der Waals surface area contributed by atoms with E-state index in [9.17, 15) is 15.0 Å². The predicted molar refractivity (Wildman–Crippen MR) is 84.1 cm³/mol. The molecule has 3 heteroatoms. The summed E-state index contributed by atoms with van der Waals surface area (Å²) in [4.78, 5) is 12.4. The Kier molecular flexibility index (Phi) is 3.30. The molecule has 3 nitrogen and oxygen atoms in total. The molecule has 4 saturated carbocycles. The van der Waals surface area contributed by atoms with Crippen molar-refractivity contribution in [2.75, 3.05) is 0 Å². The normalized spacial score (nSPS) is 57.9. The van der Waals surface area contributed by atoms with Gasteiger partial charge in [-0.1, -0.05) is 6.92 Å². The Morgan fingerprint density at radius 1 is 1.00 bits per heavy atom. The number of rotatable bonds is 0. The number of aliphatic hydroxyl groups is 2. The van der Waals surface area contributed by atoms with Crippen LogP contribution in [0.3, 0.4) is 0 Å². The number of aliphatic hydroxyl groups excluding tert-OH is 2. The van der Waals surface area contributed by atoms with E-state index in [0.717, 1.165) is 32.1 Å². The number of ketones is 1. The first kappa shape index (κ1) is 15.1. The first-order chi connectivity index (χ1) is 10.4. The summed E-state index contributed by atoms with van der Waals surface area (Å²) in [6, 6.07) is 0. The molecular weight excluding hydrogens is 276 g/mol. The molecule has 4 aliphatic carbocycles. The SMILES string of the molecule is C[C@]12CC[C@H](O)CC1CCC1C2C[C@H](O)[C@]2(C)C(=O)CCC12. The number of hydrogen-bond acceptors (Lipinski definition) is 3. The van der Waals surface area contributed by atoms with Crippen molar-refractivity contribution < 1.29 is 15.0 Å². The average molecular weight is 306 g/mol. The molecule has 0 amide bonds. The van der Waals surface area contributed by atoms with Gasteiger partial charge in [0, 0.05) is 6.42 Å². The van der Waals surface area contributed by atoms with Crippen molar-refractivity contribution in [2.24, 2.45) is 34.5 Å². The number of carbonyl (C=O) groups excluding carboxylic acids is 1. The second-order valence-electron chi connectivity index (χ2n) is 9.08. The van der Waals surface area contributed by atoms with Gasteiger partial charge in [0.1, 0.15) is 5.78 Å². The molecule has 0 saturated heterocycles. The van der Waals surface area contributed by atoms with Crippen molar-refractivity contribution in [3.8, 4) is 0 Å². The molecule has 124 valence electrons. The summed E-state index contributed by atoms with van der Waals surface area (Å²) in [5, 5.41) is 20.9. The molecule has 4 fully saturated rings. The van der Waals surface area contributed by atoms with Crippen LogP contribution in [0.1, 0.15) is 65.2 Å². The third kappa shape index (κ3) is 1.78. The van der Waals surface area contributed by atoms with E-state index in [0.29, 0.717) is 35.9 Å². The predicted octanol–water partition coefficient (Wildman–Crippen LogP) is 2.93. The maximum atomic E-state index is 12.4. The molecule has 4 aliphatic rings. The van der Waals surface area contributed by atoms with Crippen LogP contribution in [0, 0.1) is 34.5 Å². The Bertz CT molecular complexity index is 489. The zero-order valence-corrected chi connectivity index (χ0v) is 13.9. The lowest BCUT2D eigenvalue weighted by Gasteiger charge is -2.61. The second-order valence-corrected chi connectivity index (χ2v) is 9.08. The van der Waals surface area contributed by atoms with Crippen molar-refractivity contribution in [1.82, 2.24) is 0 Å². The fraction of sp³-hybridized carbons (Fsp3) is 0.947. The highest BCUT2D eigenvalue weighted by Crippen LogP contribution is 2.65. The quantitative estimate of drug-likeness (QED) is 0.723. The highest BCUT2D eigenvalue weighted by atomic mass is 16.3. The van der Waals surface area contributed by atoms with Gasteiger partial charge in [-0.3, -0.25) is 4.79 Å². The molecule has 0 aromatic heterocycles. The molecule has 0 aromatic rings. The Morgan fingerprint density at radius 2 is 1.77 bits per heavy atom. The summed E-state index contributed by atoms with van der Waals surface area (Å²) in [6.45, 7) is 4.44. The Labute approximate surface area is 133 Å². The zero-order chi connectivity index (χ0) is 15.7. The van der Waals surface area contributed by atoms with E-state index in [1.54, 1.807) is 0 Å². The van der Waals surface area contributed by atoms with Gasteiger partial charge >= 0.3 is 0 Å². The minimum Gasteiger partial charge on any atom is -0.393 e. The van der Waals surface area contributed by atoms with E-state index in [1.807, 2.05) is 6.92 Å². The Balaban J connectivity index is 1.68. The van der Waals surface area contributed by atoms with E-state index >= 15 is 0 Å². The van der Waals surface area contributed by atoms with Crippen molar-refractivity contribution in [1.29, 1.82) is 0 Å². The van der Waals surface area contributed by atoms with Crippen LogP contribution in [0.25, 0.3) is 0 Å². The molecule has 0 heterocycles. The highest BCUT2D eigenvalue weighted by Gasteiger charge is 2.63. The number of Topliss-reactive ketones (excluding diaryl/α,β-unsaturated/α-hetero) is 1. The number of carbonyl (C=O) groups is 1. The van der Waals surface area contributed by atoms with E-state index in [1.165, 1.54) is 12.8 Å². The van der Waals surface area contributed by atoms with Crippen LogP contribution < -0.4 is 0 Å². The summed E-state index contributed by atoms with van der Waals surface area (Å²) >= 11 is 0. The lowest BCUT2D eigenvalue weighted by molar-refractivity contribution is -0.169. The summed E-state index contributed by atoms with van der Waals surface area (Å²) in [5.74, 6) is 2.44. The average Bonchev–Trinajstić information content (AvgIpc) is 2.79. The third-order valence-electron chi connectivity index (χ3n) is 8.46. The van der Waals surface area contributed by atoms with E-state index in [4.69, 9.17) is 0 Å². The minimum absolute atomic E-state index is 0.124. The Hall–Kier alpha value is -0.410. The molecule has 0 aliphatic heterocycles. The summed E-state index contributed by atoms with van der Waals surface area (Å²) in [7, 11) is 0. The molecule has 2 N–H and O–H groups in total. The van der Waals surface area contributed by atoms with Crippen molar-refractivity contribution in [3.63, 3.8) is 0 Å². The molecule has 4 unspecified atom stereocenters. The summed E-state index contributed by atoms with van der Waals surface area (Å²) in [6.07, 6.45) is 7.19. The van der Waals surface area contributed by atoms with E-state index < -0.39 is 11.5 Å². The largest absolute Gasteiger partial charge is 0.393 e. The van der Waals surface area contributed by atoms with Gasteiger partial charge in [0.25, 0.3) is 0 Å². The van der Waals surface area contributed by atoms with Crippen molar-refractivity contribution in [2.45, 2.75) is 77.4 Å². The van der Waals surface area contributed by atoms with Gasteiger partial charge in [-0.2, -0.15) is 0 Å². The fourth-order valence-corrected chi connectivity index (χ4v) is 6.98. The van der Waals surface area contributed by atoms with Crippen LogP contribution in [-0.4, -0.2) is 28.2 Å². The molecule has 0 aromatic carbocycles. The first-order valence-corrected chi connectivity index (χ1v) is 9.26. The molecule has 0 spiro atoms. The van der Waals surface area contributed by atoms with Crippen LogP contribution in [0.5, 0.6) is 0 Å². The number of hydrogen-bond donors (Lipinski definition) is 2. The van der Waals surface area contributed by atoms with E-state index in [-0.39, 0.29) is 11.5 Å². The standard InChI is InChI=1S/C19H30O3/c1-18-8-7-12(20)9-11(18)3-4-13-14-5-6-16(21)19(14,2)17(22)10-15(13)18/h11-15,17,20,22H,3-10H2,1-2H3/t11?,12-,13?,14?,15?,17-,18-,19-/m0/s1. The van der Waals surface area contributed by atoms with E-state index in [2.05, 4.69) is 6.92 Å². The maximum absolute atomic E-state index is 12.4. The maximum Gasteiger partial charge on any atom is 0.141 e. The molecule has 0 bridgehead atoms. The van der Waals surface area contributed by atoms with Crippen LogP contribution >= 0.6 is 0 Å². The van der Waals surface area contributed by atoms with Gasteiger partial charge in [0.05, 0.1) is 17.6 Å². The topological polar surface area (TPSA) is 57.5 Å². The van der Waals surface area contributed by atoms with Gasteiger partial charge in [0.2, 0.25) is 0 Å². The van der Waals surface area contributed by atoms with Crippen molar-refractivity contribution >= 4 is 5.78 Å². The zero-order valence-electron chi connectivity index (χ0n) is 13.9. The van der Waals surface area contributed by atoms with Crippen LogP contribution in [-0.2, 0) is 4.79 Å². The minimum atomic E-state index is -0.474. The molecule has 4 rings (SSSR count). The molecule has 0 radical (unpaired) electrons. The molecule has 8 atom stereocenters. The number of fused-ring (bicyclic) bond motifs is 5. The summed E-state index contributed by atoms with van der Waals surface area (Å²) in [5.41, 5.74) is -0.214. The lowest BCUT2D eigenvalue weighted by atomic mass is 9.44. The summed E-state index contributed by atoms with van der Waals surface area (Å²) < 4.78 is 0. The van der Waals surface area contributed by atoms with Gasteiger partial charge in [-0.05, 0) is 81.0 Å². The molecular formula is C19H30O3. The van der Waals surface area contributed by atoms with Gasteiger partial charge in [-0.25, -0.2) is 0 Å². The van der Waals surface area contributed by atoms with Crippen LogP contribution in [0.2, 0.25) is 0 Å². The fourth-order valence-electron chi connectivity index (χ4n) is 6.98. The van der Waals surface area contributed by atoms with Crippen LogP contribution in [0.4, 0.5) is 0 Å². The second kappa shape index (κ2) is 4.80. The first-order valence-electron chi connectivity index (χ1n) is 9.26. The molecule has 22 heavy (non-hydrogen) atoms. The van der Waals surface area contributed by atoms with Gasteiger partial charge < -0.3 is 10.2 Å². The highest BCUT2D eigenvalue weighted by molar-refractivity contribution is 5.87. The monoisotopic (exact) mass is 306 g/mol.